The van der Waals surface area contributed by atoms with Crippen LogP contribution in [0.1, 0.15) is 25.0 Å². The summed E-state index contributed by atoms with van der Waals surface area (Å²) < 4.78 is 11.6. The largest absolute Gasteiger partial charge is 0.493 e. The van der Waals surface area contributed by atoms with E-state index < -0.39 is 0 Å². The highest BCUT2D eigenvalue weighted by atomic mass is 79.9. The number of methoxy groups -OCH3 is 2. The number of carbonyl (C=O) groups excluding carboxylic acids is 1. The fourth-order valence-corrected chi connectivity index (χ4v) is 2.48. The number of hydrogen-bond acceptors (Lipinski definition) is 3. The van der Waals surface area contributed by atoms with Gasteiger partial charge in [0.2, 0.25) is 0 Å². The van der Waals surface area contributed by atoms with Crippen LogP contribution in [0.2, 0.25) is 0 Å². The van der Waals surface area contributed by atoms with E-state index in [1.54, 1.807) is 21.1 Å². The number of benzene rings is 1. The van der Waals surface area contributed by atoms with Crippen molar-refractivity contribution in [1.82, 2.24) is 0 Å². The zero-order valence-corrected chi connectivity index (χ0v) is 12.2. The monoisotopic (exact) mass is 300 g/mol. The van der Waals surface area contributed by atoms with Crippen LogP contribution in [0.3, 0.4) is 0 Å². The summed E-state index contributed by atoms with van der Waals surface area (Å²) in [5, 5.41) is 0. The molecule has 0 heterocycles. The summed E-state index contributed by atoms with van der Waals surface area (Å²) in [6.45, 7) is 3.63. The maximum Gasteiger partial charge on any atom is 0.165 e. The number of ketones is 1. The lowest BCUT2D eigenvalue weighted by Gasteiger charge is -2.16. The maximum absolute atomic E-state index is 11.3. The minimum atomic E-state index is 0.0966. The SMILES string of the molecule is CCc1cc(OC)c(OC)c(CC(C)=O)c1Br. The van der Waals surface area contributed by atoms with Crippen molar-refractivity contribution in [2.75, 3.05) is 14.2 Å². The topological polar surface area (TPSA) is 35.5 Å². The number of Topliss-reactive ketones (excluding diaryl/α,β-unsaturated/α-hetero) is 1. The highest BCUT2D eigenvalue weighted by molar-refractivity contribution is 9.10. The van der Waals surface area contributed by atoms with Crippen LogP contribution in [0.15, 0.2) is 10.5 Å². The van der Waals surface area contributed by atoms with Crippen molar-refractivity contribution in [3.63, 3.8) is 0 Å². The van der Waals surface area contributed by atoms with Gasteiger partial charge < -0.3 is 9.47 Å². The van der Waals surface area contributed by atoms with E-state index in [9.17, 15) is 4.79 Å². The number of carbonyl (C=O) groups is 1. The van der Waals surface area contributed by atoms with Crippen molar-refractivity contribution in [3.8, 4) is 11.5 Å². The van der Waals surface area contributed by atoms with Crippen LogP contribution in [-0.2, 0) is 17.6 Å². The molecule has 1 aromatic rings. The predicted octanol–water partition coefficient (Wildman–Crippen LogP) is 3.16. The first-order valence-electron chi connectivity index (χ1n) is 5.46. The first-order chi connectivity index (χ1) is 8.04. The Morgan fingerprint density at radius 3 is 2.41 bits per heavy atom. The zero-order chi connectivity index (χ0) is 13.0. The Morgan fingerprint density at radius 2 is 2.00 bits per heavy atom. The van der Waals surface area contributed by atoms with E-state index in [0.29, 0.717) is 17.9 Å². The van der Waals surface area contributed by atoms with Crippen LogP contribution in [0, 0.1) is 0 Å². The lowest BCUT2D eigenvalue weighted by Crippen LogP contribution is -2.04. The molecule has 4 heteroatoms. The second-order valence-corrected chi connectivity index (χ2v) is 4.59. The first kappa shape index (κ1) is 14.0. The molecule has 1 rings (SSSR count). The Hall–Kier alpha value is -1.03. The van der Waals surface area contributed by atoms with Crippen LogP contribution in [0.4, 0.5) is 0 Å². The van der Waals surface area contributed by atoms with E-state index in [1.807, 2.05) is 6.07 Å². The number of hydrogen-bond donors (Lipinski definition) is 0. The Labute approximate surface area is 110 Å². The van der Waals surface area contributed by atoms with Gasteiger partial charge in [-0.3, -0.25) is 4.79 Å². The van der Waals surface area contributed by atoms with Crippen molar-refractivity contribution >= 4 is 21.7 Å². The third-order valence-corrected chi connectivity index (χ3v) is 3.57. The molecule has 0 atom stereocenters. The van der Waals surface area contributed by atoms with Crippen molar-refractivity contribution in [3.05, 3.63) is 21.7 Å². The summed E-state index contributed by atoms with van der Waals surface area (Å²) in [5.74, 6) is 1.40. The third-order valence-electron chi connectivity index (χ3n) is 2.58. The van der Waals surface area contributed by atoms with Gasteiger partial charge in [0.25, 0.3) is 0 Å². The summed E-state index contributed by atoms with van der Waals surface area (Å²) in [5.41, 5.74) is 1.97. The van der Waals surface area contributed by atoms with Crippen LogP contribution in [0.5, 0.6) is 11.5 Å². The molecule has 0 aliphatic rings. The summed E-state index contributed by atoms with van der Waals surface area (Å²) in [6, 6.07) is 1.94. The number of aryl methyl sites for hydroxylation is 1. The summed E-state index contributed by atoms with van der Waals surface area (Å²) in [6.07, 6.45) is 1.21. The van der Waals surface area contributed by atoms with E-state index in [-0.39, 0.29) is 5.78 Å². The fraction of sp³-hybridized carbons (Fsp3) is 0.462. The number of ether oxygens (including phenoxy) is 2. The van der Waals surface area contributed by atoms with E-state index in [2.05, 4.69) is 22.9 Å². The number of halogens is 1. The molecular weight excluding hydrogens is 284 g/mol. The molecule has 0 saturated heterocycles. The van der Waals surface area contributed by atoms with Crippen molar-refractivity contribution < 1.29 is 14.3 Å². The second kappa shape index (κ2) is 6.05. The van der Waals surface area contributed by atoms with Crippen LogP contribution < -0.4 is 9.47 Å². The van der Waals surface area contributed by atoms with Gasteiger partial charge in [-0.2, -0.15) is 0 Å². The van der Waals surface area contributed by atoms with Crippen LogP contribution in [-0.4, -0.2) is 20.0 Å². The molecule has 0 aliphatic carbocycles. The smallest absolute Gasteiger partial charge is 0.165 e. The van der Waals surface area contributed by atoms with Crippen LogP contribution in [0.25, 0.3) is 0 Å². The van der Waals surface area contributed by atoms with Gasteiger partial charge in [0, 0.05) is 16.5 Å². The van der Waals surface area contributed by atoms with Crippen LogP contribution >= 0.6 is 15.9 Å². The van der Waals surface area contributed by atoms with E-state index in [0.717, 1.165) is 22.0 Å². The Kier molecular flexibility index (Phi) is 5.00. The Bertz CT molecular complexity index is 427. The molecular formula is C13H17BrO3. The average molecular weight is 301 g/mol. The molecule has 0 bridgehead atoms. The molecule has 17 heavy (non-hydrogen) atoms. The molecule has 0 N–H and O–H groups in total. The zero-order valence-electron chi connectivity index (χ0n) is 10.6. The normalized spacial score (nSPS) is 10.2. The summed E-state index contributed by atoms with van der Waals surface area (Å²) in [7, 11) is 3.18. The first-order valence-corrected chi connectivity index (χ1v) is 6.26. The van der Waals surface area contributed by atoms with Crippen molar-refractivity contribution in [1.29, 1.82) is 0 Å². The Morgan fingerprint density at radius 1 is 1.35 bits per heavy atom. The molecule has 0 aliphatic heterocycles. The summed E-state index contributed by atoms with van der Waals surface area (Å²) in [4.78, 5) is 11.3. The highest BCUT2D eigenvalue weighted by Crippen LogP contribution is 2.39. The maximum atomic E-state index is 11.3. The predicted molar refractivity (Wildman–Crippen MR) is 71.0 cm³/mol. The van der Waals surface area contributed by atoms with Gasteiger partial charge in [0.1, 0.15) is 5.78 Å². The lowest BCUT2D eigenvalue weighted by molar-refractivity contribution is -0.116. The van der Waals surface area contributed by atoms with Crippen molar-refractivity contribution in [2.24, 2.45) is 0 Å². The average Bonchev–Trinajstić information content (AvgIpc) is 2.30. The molecule has 0 fully saturated rings. The van der Waals surface area contributed by atoms with E-state index in [4.69, 9.17) is 9.47 Å². The minimum Gasteiger partial charge on any atom is -0.493 e. The molecule has 3 nitrogen and oxygen atoms in total. The van der Waals surface area contributed by atoms with Gasteiger partial charge in [-0.15, -0.1) is 0 Å². The van der Waals surface area contributed by atoms with Gasteiger partial charge in [-0.1, -0.05) is 22.9 Å². The lowest BCUT2D eigenvalue weighted by atomic mass is 10.0. The van der Waals surface area contributed by atoms with Gasteiger partial charge in [0.15, 0.2) is 11.5 Å². The third kappa shape index (κ3) is 3.00. The van der Waals surface area contributed by atoms with E-state index >= 15 is 0 Å². The minimum absolute atomic E-state index is 0.0966. The molecule has 0 spiro atoms. The van der Waals surface area contributed by atoms with Gasteiger partial charge >= 0.3 is 0 Å². The standard InChI is InChI=1S/C13H17BrO3/c1-5-9-7-11(16-3)13(17-4)10(12(9)14)6-8(2)15/h7H,5-6H2,1-4H3. The number of rotatable bonds is 5. The summed E-state index contributed by atoms with van der Waals surface area (Å²) >= 11 is 3.54. The quantitative estimate of drug-likeness (QED) is 0.838. The molecule has 0 unspecified atom stereocenters. The molecule has 94 valence electrons. The van der Waals surface area contributed by atoms with Gasteiger partial charge in [0.05, 0.1) is 14.2 Å². The fourth-order valence-electron chi connectivity index (χ4n) is 1.77. The van der Waals surface area contributed by atoms with Crippen molar-refractivity contribution in [2.45, 2.75) is 26.7 Å². The molecule has 0 amide bonds. The molecule has 1 aromatic carbocycles. The van der Waals surface area contributed by atoms with E-state index in [1.165, 1.54) is 0 Å². The second-order valence-electron chi connectivity index (χ2n) is 3.80. The molecule has 0 radical (unpaired) electrons. The Balaban J connectivity index is 3.43. The molecule has 0 aromatic heterocycles. The van der Waals surface area contributed by atoms with Gasteiger partial charge in [-0.05, 0) is 25.0 Å². The molecule has 0 saturated carbocycles. The highest BCUT2D eigenvalue weighted by Gasteiger charge is 2.18. The van der Waals surface area contributed by atoms with Gasteiger partial charge in [-0.25, -0.2) is 0 Å².